The van der Waals surface area contributed by atoms with Crippen molar-refractivity contribution < 1.29 is 14.3 Å². The van der Waals surface area contributed by atoms with Crippen LogP contribution in [0.4, 0.5) is 5.69 Å². The quantitative estimate of drug-likeness (QED) is 0.620. The number of hydrogen-bond donors (Lipinski definition) is 1. The number of piperazine rings is 1. The molecule has 166 valence electrons. The molecule has 0 spiro atoms. The zero-order chi connectivity index (χ0) is 22.1. The molecule has 1 aliphatic heterocycles. The Morgan fingerprint density at radius 2 is 1.74 bits per heavy atom. The van der Waals surface area contributed by atoms with Crippen molar-refractivity contribution in [2.45, 2.75) is 12.5 Å². The summed E-state index contributed by atoms with van der Waals surface area (Å²) in [4.78, 5) is 29.6. The molecule has 1 N–H and O–H groups in total. The molecule has 0 unspecified atom stereocenters. The van der Waals surface area contributed by atoms with Crippen LogP contribution in [0.15, 0.2) is 54.6 Å². The van der Waals surface area contributed by atoms with E-state index in [1.807, 2.05) is 53.6 Å². The zero-order valence-corrected chi connectivity index (χ0v) is 19.2. The molecule has 0 aliphatic carbocycles. The van der Waals surface area contributed by atoms with Crippen molar-refractivity contribution in [3.63, 3.8) is 0 Å². The number of carbonyl (C=O) groups excluding carboxylic acids is 2. The Balaban J connectivity index is 1.54. The zero-order valence-electron chi connectivity index (χ0n) is 17.6. The molecule has 3 rings (SSSR count). The first-order valence-electron chi connectivity index (χ1n) is 10.3. The summed E-state index contributed by atoms with van der Waals surface area (Å²) in [5.74, 6) is 1.08. The molecule has 1 fully saturated rings. The van der Waals surface area contributed by atoms with Crippen LogP contribution in [0.5, 0.6) is 5.75 Å². The van der Waals surface area contributed by atoms with Crippen LogP contribution in [0.2, 0.25) is 5.02 Å². The predicted molar refractivity (Wildman–Crippen MR) is 127 cm³/mol. The number of nitrogens with zero attached hydrogens (tertiary/aromatic N) is 2. The largest absolute Gasteiger partial charge is 0.484 e. The van der Waals surface area contributed by atoms with Crippen molar-refractivity contribution in [2.75, 3.05) is 49.7 Å². The van der Waals surface area contributed by atoms with Gasteiger partial charge in [0.2, 0.25) is 5.91 Å². The molecular weight excluding hydrogens is 434 g/mol. The summed E-state index contributed by atoms with van der Waals surface area (Å²) in [6.45, 7) is 2.48. The van der Waals surface area contributed by atoms with E-state index >= 15 is 0 Å². The van der Waals surface area contributed by atoms with Crippen molar-refractivity contribution in [3.8, 4) is 5.75 Å². The maximum atomic E-state index is 13.1. The van der Waals surface area contributed by atoms with Crippen molar-refractivity contribution in [1.29, 1.82) is 0 Å². The van der Waals surface area contributed by atoms with Gasteiger partial charge in [0.05, 0.1) is 10.7 Å². The summed E-state index contributed by atoms with van der Waals surface area (Å²) >= 11 is 7.97. The maximum Gasteiger partial charge on any atom is 0.258 e. The van der Waals surface area contributed by atoms with Gasteiger partial charge in [-0.3, -0.25) is 9.59 Å². The van der Waals surface area contributed by atoms with Crippen LogP contribution in [0.25, 0.3) is 0 Å². The standard InChI is InChI=1S/C23H28ClN3O3S/c1-31-16-11-20(25-22(28)17-30-18-7-3-2-4-8-18)23(29)27-14-12-26(13-15-27)21-10-6-5-9-19(21)24/h2-10,20H,11-17H2,1H3,(H,25,28)/t20-/m1/s1. The maximum absolute atomic E-state index is 13.1. The molecule has 2 aromatic rings. The number of para-hydroxylation sites is 2. The lowest BCUT2D eigenvalue weighted by Gasteiger charge is -2.38. The molecular formula is C23H28ClN3O3S. The summed E-state index contributed by atoms with van der Waals surface area (Å²) in [6.07, 6.45) is 2.58. The van der Waals surface area contributed by atoms with Crippen LogP contribution in [0, 0.1) is 0 Å². The van der Waals surface area contributed by atoms with Crippen LogP contribution in [0.1, 0.15) is 6.42 Å². The average Bonchev–Trinajstić information content (AvgIpc) is 2.81. The lowest BCUT2D eigenvalue weighted by atomic mass is 10.1. The minimum Gasteiger partial charge on any atom is -0.484 e. The Hall–Kier alpha value is -2.38. The van der Waals surface area contributed by atoms with Gasteiger partial charge >= 0.3 is 0 Å². The molecule has 1 aliphatic rings. The number of ether oxygens (including phenoxy) is 1. The molecule has 1 heterocycles. The van der Waals surface area contributed by atoms with Crippen LogP contribution in [-0.4, -0.2) is 67.6 Å². The normalized spacial score (nSPS) is 14.8. The van der Waals surface area contributed by atoms with Crippen molar-refractivity contribution in [3.05, 3.63) is 59.6 Å². The van der Waals surface area contributed by atoms with Crippen LogP contribution in [-0.2, 0) is 9.59 Å². The van der Waals surface area contributed by atoms with Crippen molar-refractivity contribution >= 4 is 40.9 Å². The van der Waals surface area contributed by atoms with Gasteiger partial charge in [-0.1, -0.05) is 41.9 Å². The fraction of sp³-hybridized carbons (Fsp3) is 0.391. The van der Waals surface area contributed by atoms with E-state index in [4.69, 9.17) is 16.3 Å². The van der Waals surface area contributed by atoms with E-state index < -0.39 is 6.04 Å². The highest BCUT2D eigenvalue weighted by atomic mass is 35.5. The minimum absolute atomic E-state index is 0.0408. The van der Waals surface area contributed by atoms with Gasteiger partial charge in [0.25, 0.3) is 5.91 Å². The first-order valence-corrected chi connectivity index (χ1v) is 12.1. The lowest BCUT2D eigenvalue weighted by Crippen LogP contribution is -2.55. The number of thioether (sulfide) groups is 1. The number of nitrogens with one attached hydrogen (secondary N) is 1. The molecule has 0 saturated carbocycles. The highest BCUT2D eigenvalue weighted by Crippen LogP contribution is 2.26. The van der Waals surface area contributed by atoms with E-state index in [0.717, 1.165) is 11.4 Å². The van der Waals surface area contributed by atoms with E-state index in [-0.39, 0.29) is 18.4 Å². The smallest absolute Gasteiger partial charge is 0.258 e. The summed E-state index contributed by atoms with van der Waals surface area (Å²) in [6, 6.07) is 16.4. The summed E-state index contributed by atoms with van der Waals surface area (Å²) in [5.41, 5.74) is 0.988. The number of hydrogen-bond acceptors (Lipinski definition) is 5. The lowest BCUT2D eigenvalue weighted by molar-refractivity contribution is -0.137. The van der Waals surface area contributed by atoms with Gasteiger partial charge in [-0.25, -0.2) is 0 Å². The van der Waals surface area contributed by atoms with Gasteiger partial charge in [-0.2, -0.15) is 11.8 Å². The molecule has 0 bridgehead atoms. The van der Waals surface area contributed by atoms with Crippen molar-refractivity contribution in [1.82, 2.24) is 10.2 Å². The Morgan fingerprint density at radius 1 is 1.06 bits per heavy atom. The summed E-state index contributed by atoms with van der Waals surface area (Å²) in [7, 11) is 0. The third-order valence-corrected chi connectivity index (χ3v) is 6.11. The molecule has 0 aromatic heterocycles. The number of halogens is 1. The Bertz CT molecular complexity index is 860. The fourth-order valence-electron chi connectivity index (χ4n) is 3.49. The summed E-state index contributed by atoms with van der Waals surface area (Å²) in [5, 5.41) is 3.58. The summed E-state index contributed by atoms with van der Waals surface area (Å²) < 4.78 is 5.51. The van der Waals surface area contributed by atoms with Crippen LogP contribution < -0.4 is 15.0 Å². The molecule has 2 amide bonds. The van der Waals surface area contributed by atoms with Gasteiger partial charge < -0.3 is 19.9 Å². The third-order valence-electron chi connectivity index (χ3n) is 5.14. The molecule has 8 heteroatoms. The molecule has 31 heavy (non-hydrogen) atoms. The van der Waals surface area contributed by atoms with Gasteiger partial charge in [0.15, 0.2) is 6.61 Å². The van der Waals surface area contributed by atoms with Gasteiger partial charge in [0, 0.05) is 26.2 Å². The highest BCUT2D eigenvalue weighted by Gasteiger charge is 2.29. The van der Waals surface area contributed by atoms with E-state index in [0.29, 0.717) is 43.4 Å². The van der Waals surface area contributed by atoms with E-state index in [9.17, 15) is 9.59 Å². The van der Waals surface area contributed by atoms with E-state index in [1.165, 1.54) is 0 Å². The van der Waals surface area contributed by atoms with Gasteiger partial charge in [-0.05, 0) is 42.7 Å². The Morgan fingerprint density at radius 3 is 2.42 bits per heavy atom. The first kappa shape index (κ1) is 23.3. The average molecular weight is 462 g/mol. The Kier molecular flexibility index (Phi) is 8.91. The second-order valence-corrected chi connectivity index (χ2v) is 8.66. The fourth-order valence-corrected chi connectivity index (χ4v) is 4.22. The number of rotatable bonds is 9. The number of amides is 2. The highest BCUT2D eigenvalue weighted by molar-refractivity contribution is 7.98. The van der Waals surface area contributed by atoms with E-state index in [2.05, 4.69) is 10.2 Å². The van der Waals surface area contributed by atoms with Crippen LogP contribution in [0.3, 0.4) is 0 Å². The SMILES string of the molecule is CSCC[C@@H](NC(=O)COc1ccccc1)C(=O)N1CCN(c2ccccc2Cl)CC1. The molecule has 0 radical (unpaired) electrons. The molecule has 6 nitrogen and oxygen atoms in total. The third kappa shape index (κ3) is 6.80. The van der Waals surface area contributed by atoms with Crippen LogP contribution >= 0.6 is 23.4 Å². The minimum atomic E-state index is -0.550. The Labute approximate surface area is 192 Å². The van der Waals surface area contributed by atoms with Crippen molar-refractivity contribution in [2.24, 2.45) is 0 Å². The van der Waals surface area contributed by atoms with Gasteiger partial charge in [-0.15, -0.1) is 0 Å². The molecule has 1 saturated heterocycles. The number of carbonyl (C=O) groups is 2. The second kappa shape index (κ2) is 11.9. The predicted octanol–water partition coefficient (Wildman–Crippen LogP) is 3.31. The van der Waals surface area contributed by atoms with E-state index in [1.54, 1.807) is 23.9 Å². The monoisotopic (exact) mass is 461 g/mol. The molecule has 2 aromatic carbocycles. The number of anilines is 1. The topological polar surface area (TPSA) is 61.9 Å². The first-order chi connectivity index (χ1) is 15.1. The molecule has 1 atom stereocenters. The second-order valence-electron chi connectivity index (χ2n) is 7.27. The number of benzene rings is 2. The van der Waals surface area contributed by atoms with Gasteiger partial charge in [0.1, 0.15) is 11.8 Å².